The van der Waals surface area contributed by atoms with Crippen molar-refractivity contribution < 1.29 is 9.59 Å². The predicted octanol–water partition coefficient (Wildman–Crippen LogP) is 2.06. The van der Waals surface area contributed by atoms with Crippen LogP contribution in [0, 0.1) is 0 Å². The molecular weight excluding hydrogens is 288 g/mol. The van der Waals surface area contributed by atoms with Gasteiger partial charge in [-0.05, 0) is 19.8 Å². The van der Waals surface area contributed by atoms with Crippen LogP contribution < -0.4 is 10.6 Å². The lowest BCUT2D eigenvalue weighted by Crippen LogP contribution is -2.47. The number of nitrogens with one attached hydrogen (secondary N) is 2. The first-order valence-corrected chi connectivity index (χ1v) is 8.19. The van der Waals surface area contributed by atoms with Gasteiger partial charge in [-0.1, -0.05) is 31.0 Å². The number of amides is 3. The Morgan fingerprint density at radius 2 is 2.10 bits per heavy atom. The van der Waals surface area contributed by atoms with Crippen molar-refractivity contribution in [1.82, 2.24) is 20.2 Å². The van der Waals surface area contributed by atoms with Crippen LogP contribution in [-0.2, 0) is 11.8 Å². The number of hydrogen-bond donors (Lipinski definition) is 2. The molecule has 2 N–H and O–H groups in total. The predicted molar refractivity (Wildman–Crippen MR) is 82.1 cm³/mol. The second-order valence-electron chi connectivity index (χ2n) is 5.38. The molecule has 116 valence electrons. The molecule has 1 aliphatic carbocycles. The minimum absolute atomic E-state index is 0.198. The summed E-state index contributed by atoms with van der Waals surface area (Å²) < 4.78 is 1.84. The Balaban J connectivity index is 1.77. The fourth-order valence-electron chi connectivity index (χ4n) is 2.36. The highest BCUT2D eigenvalue weighted by Gasteiger charge is 2.21. The van der Waals surface area contributed by atoms with Gasteiger partial charge >= 0.3 is 6.03 Å². The molecule has 0 unspecified atom stereocenters. The second kappa shape index (κ2) is 7.49. The van der Waals surface area contributed by atoms with Crippen LogP contribution in [0.2, 0.25) is 0 Å². The Labute approximate surface area is 129 Å². The molecule has 0 saturated heterocycles. The molecule has 1 saturated carbocycles. The van der Waals surface area contributed by atoms with Crippen molar-refractivity contribution in [3.8, 4) is 0 Å². The number of aromatic nitrogens is 2. The van der Waals surface area contributed by atoms with Crippen molar-refractivity contribution in [3.63, 3.8) is 0 Å². The topological polar surface area (TPSA) is 76.0 Å². The highest BCUT2D eigenvalue weighted by atomic mass is 32.2. The zero-order valence-corrected chi connectivity index (χ0v) is 13.3. The lowest BCUT2D eigenvalue weighted by molar-refractivity contribution is -0.119. The third kappa shape index (κ3) is 4.77. The molecule has 3 amide bonds. The molecule has 0 spiro atoms. The van der Waals surface area contributed by atoms with Gasteiger partial charge < -0.3 is 9.88 Å². The Kier molecular flexibility index (Phi) is 5.67. The van der Waals surface area contributed by atoms with Gasteiger partial charge in [-0.15, -0.1) is 0 Å². The van der Waals surface area contributed by atoms with Crippen molar-refractivity contribution in [2.24, 2.45) is 7.05 Å². The smallest absolute Gasteiger partial charge is 0.321 e. The molecule has 1 aliphatic rings. The molecule has 1 aromatic heterocycles. The van der Waals surface area contributed by atoms with Gasteiger partial charge in [0.25, 0.3) is 0 Å². The first-order valence-electron chi connectivity index (χ1n) is 7.31. The molecule has 21 heavy (non-hydrogen) atoms. The van der Waals surface area contributed by atoms with Crippen molar-refractivity contribution >= 4 is 23.7 Å². The molecule has 7 heteroatoms. The van der Waals surface area contributed by atoms with E-state index in [0.29, 0.717) is 0 Å². The van der Waals surface area contributed by atoms with Crippen LogP contribution in [0.4, 0.5) is 4.79 Å². The highest BCUT2D eigenvalue weighted by Crippen LogP contribution is 2.20. The van der Waals surface area contributed by atoms with Crippen LogP contribution in [0.15, 0.2) is 17.6 Å². The van der Waals surface area contributed by atoms with Crippen LogP contribution >= 0.6 is 11.8 Å². The van der Waals surface area contributed by atoms with Crippen LogP contribution in [0.25, 0.3) is 0 Å². The summed E-state index contributed by atoms with van der Waals surface area (Å²) in [6, 6.07) is -0.191. The van der Waals surface area contributed by atoms with Gasteiger partial charge in [0.2, 0.25) is 5.91 Å². The molecule has 6 nitrogen and oxygen atoms in total. The Hall–Kier alpha value is -1.50. The standard InChI is InChI=1S/C14H22N4O2S/c1-10(21-14-15-8-9-18(14)2)12(19)17-13(20)16-11-6-4-3-5-7-11/h8-11H,3-7H2,1-2H3,(H2,16,17,19,20)/t10-/m1/s1. The third-order valence-electron chi connectivity index (χ3n) is 3.61. The number of urea groups is 1. The van der Waals surface area contributed by atoms with E-state index in [2.05, 4.69) is 15.6 Å². The van der Waals surface area contributed by atoms with Gasteiger partial charge in [0, 0.05) is 25.5 Å². The van der Waals surface area contributed by atoms with Gasteiger partial charge in [-0.2, -0.15) is 0 Å². The van der Waals surface area contributed by atoms with Gasteiger partial charge in [-0.3, -0.25) is 10.1 Å². The quantitative estimate of drug-likeness (QED) is 0.835. The summed E-state index contributed by atoms with van der Waals surface area (Å²) in [5.41, 5.74) is 0. The number of nitrogens with zero attached hydrogens (tertiary/aromatic N) is 2. The number of aryl methyl sites for hydroxylation is 1. The van der Waals surface area contributed by atoms with Crippen LogP contribution in [0.1, 0.15) is 39.0 Å². The largest absolute Gasteiger partial charge is 0.335 e. The third-order valence-corrected chi connectivity index (χ3v) is 4.78. The van der Waals surface area contributed by atoms with Gasteiger partial charge in [0.1, 0.15) is 0 Å². The summed E-state index contributed by atoms with van der Waals surface area (Å²) >= 11 is 1.33. The van der Waals surface area contributed by atoms with Gasteiger partial charge in [0.05, 0.1) is 5.25 Å². The van der Waals surface area contributed by atoms with Crippen molar-refractivity contribution in [3.05, 3.63) is 12.4 Å². The summed E-state index contributed by atoms with van der Waals surface area (Å²) in [6.45, 7) is 1.77. The summed E-state index contributed by atoms with van der Waals surface area (Å²) in [6.07, 6.45) is 9.02. The molecule has 0 radical (unpaired) electrons. The Morgan fingerprint density at radius 3 is 2.71 bits per heavy atom. The highest BCUT2D eigenvalue weighted by molar-refractivity contribution is 8.00. The molecule has 1 aromatic rings. The molecule has 2 rings (SSSR count). The average molecular weight is 310 g/mol. The van der Waals surface area contributed by atoms with Crippen molar-refractivity contribution in [2.75, 3.05) is 0 Å². The van der Waals surface area contributed by atoms with Gasteiger partial charge in [0.15, 0.2) is 5.16 Å². The molecule has 1 heterocycles. The number of carbonyl (C=O) groups is 2. The molecule has 0 aliphatic heterocycles. The van der Waals surface area contributed by atoms with E-state index in [1.54, 1.807) is 13.1 Å². The molecule has 0 aromatic carbocycles. The lowest BCUT2D eigenvalue weighted by Gasteiger charge is -2.23. The number of carbonyl (C=O) groups excluding carboxylic acids is 2. The zero-order chi connectivity index (χ0) is 15.2. The monoisotopic (exact) mass is 310 g/mol. The van der Waals surface area contributed by atoms with E-state index in [4.69, 9.17) is 0 Å². The Bertz CT molecular complexity index is 497. The lowest BCUT2D eigenvalue weighted by atomic mass is 9.96. The second-order valence-corrected chi connectivity index (χ2v) is 6.69. The fourth-order valence-corrected chi connectivity index (χ4v) is 3.19. The summed E-state index contributed by atoms with van der Waals surface area (Å²) in [5.74, 6) is -0.295. The molecule has 1 fully saturated rings. The maximum Gasteiger partial charge on any atom is 0.321 e. The van der Waals surface area contributed by atoms with E-state index in [9.17, 15) is 9.59 Å². The Morgan fingerprint density at radius 1 is 1.38 bits per heavy atom. The summed E-state index contributed by atoms with van der Waals surface area (Å²) in [5, 5.41) is 5.67. The number of imidazole rings is 1. The minimum atomic E-state index is -0.390. The summed E-state index contributed by atoms with van der Waals surface area (Å²) in [7, 11) is 1.87. The molecule has 1 atom stereocenters. The molecular formula is C14H22N4O2S. The van der Waals surface area contributed by atoms with E-state index >= 15 is 0 Å². The number of rotatable bonds is 4. The van der Waals surface area contributed by atoms with E-state index in [1.165, 1.54) is 18.2 Å². The average Bonchev–Trinajstić information content (AvgIpc) is 2.85. The van der Waals surface area contributed by atoms with E-state index in [-0.39, 0.29) is 23.2 Å². The first kappa shape index (κ1) is 15.9. The maximum absolute atomic E-state index is 12.0. The fraction of sp³-hybridized carbons (Fsp3) is 0.643. The van der Waals surface area contributed by atoms with Crippen molar-refractivity contribution in [2.45, 2.75) is 55.5 Å². The molecule has 0 bridgehead atoms. The summed E-state index contributed by atoms with van der Waals surface area (Å²) in [4.78, 5) is 28.0. The normalized spacial score (nSPS) is 17.2. The van der Waals surface area contributed by atoms with Crippen LogP contribution in [-0.4, -0.2) is 32.8 Å². The zero-order valence-electron chi connectivity index (χ0n) is 12.5. The van der Waals surface area contributed by atoms with E-state index in [1.807, 2.05) is 17.8 Å². The minimum Gasteiger partial charge on any atom is -0.335 e. The number of thioether (sulfide) groups is 1. The van der Waals surface area contributed by atoms with E-state index in [0.717, 1.165) is 30.8 Å². The van der Waals surface area contributed by atoms with Crippen molar-refractivity contribution in [1.29, 1.82) is 0 Å². The SMILES string of the molecule is C[C@@H](Sc1nccn1C)C(=O)NC(=O)NC1CCCCC1. The maximum atomic E-state index is 12.0. The number of hydrogen-bond acceptors (Lipinski definition) is 4. The van der Waals surface area contributed by atoms with Crippen LogP contribution in [0.5, 0.6) is 0 Å². The first-order chi connectivity index (χ1) is 10.1. The van der Waals surface area contributed by atoms with E-state index < -0.39 is 0 Å². The number of imide groups is 1. The van der Waals surface area contributed by atoms with Crippen LogP contribution in [0.3, 0.4) is 0 Å². The van der Waals surface area contributed by atoms with Gasteiger partial charge in [-0.25, -0.2) is 9.78 Å².